The van der Waals surface area contributed by atoms with E-state index < -0.39 is 0 Å². The van der Waals surface area contributed by atoms with Gasteiger partial charge in [0, 0.05) is 16.7 Å². The van der Waals surface area contributed by atoms with E-state index in [0.29, 0.717) is 15.7 Å². The number of hydrogen-bond donors (Lipinski definition) is 2. The Morgan fingerprint density at radius 1 is 1.55 bits per heavy atom. The fourth-order valence-corrected chi connectivity index (χ4v) is 3.05. The maximum Gasteiger partial charge on any atom is 0.252 e. The second kappa shape index (κ2) is 7.56. The first-order valence-electron chi connectivity index (χ1n) is 6.44. The van der Waals surface area contributed by atoms with Crippen molar-refractivity contribution in [1.29, 1.82) is 0 Å². The lowest BCUT2D eigenvalue weighted by Crippen LogP contribution is -2.45. The highest BCUT2D eigenvalue weighted by atomic mass is 127. The minimum atomic E-state index is -0.315. The van der Waals surface area contributed by atoms with E-state index >= 15 is 0 Å². The first-order valence-corrected chi connectivity index (χ1v) is 7.52. The predicted octanol–water partition coefficient (Wildman–Crippen LogP) is 2.97. The lowest BCUT2D eigenvalue weighted by molar-refractivity contribution is 0.0923. The van der Waals surface area contributed by atoms with Gasteiger partial charge in [-0.2, -0.15) is 0 Å². The van der Waals surface area contributed by atoms with Crippen LogP contribution in [0, 0.1) is 14.8 Å². The Hall–Kier alpha value is -0.400. The van der Waals surface area contributed by atoms with Crippen molar-refractivity contribution < 1.29 is 9.18 Å². The van der Waals surface area contributed by atoms with Crippen molar-refractivity contribution in [3.05, 3.63) is 33.1 Å². The van der Waals surface area contributed by atoms with Crippen LogP contribution in [0.4, 0.5) is 4.39 Å². The third-order valence-corrected chi connectivity index (χ3v) is 4.43. The summed E-state index contributed by atoms with van der Waals surface area (Å²) in [5.74, 6) is -0.444. The lowest BCUT2D eigenvalue weighted by atomic mass is 9.83. The third-order valence-electron chi connectivity index (χ3n) is 3.54. The number of carbonyl (C=O) groups excluding carboxylic acids is 1. The fraction of sp³-hybridized carbons (Fsp3) is 0.500. The molecule has 1 saturated heterocycles. The molecule has 3 nitrogen and oxygen atoms in total. The molecule has 1 amide bonds. The first-order chi connectivity index (χ1) is 9.00. The highest BCUT2D eigenvalue weighted by Crippen LogP contribution is 2.24. The summed E-state index contributed by atoms with van der Waals surface area (Å²) in [6, 6.07) is 4.23. The Morgan fingerprint density at radius 3 is 2.90 bits per heavy atom. The van der Waals surface area contributed by atoms with Crippen LogP contribution in [0.25, 0.3) is 0 Å². The van der Waals surface area contributed by atoms with Gasteiger partial charge < -0.3 is 10.6 Å². The normalized spacial score (nSPS) is 21.9. The smallest absolute Gasteiger partial charge is 0.252 e. The SMILES string of the molecule is CC1(CNC(=O)c2ccc(F)cc2I)CCCNC1.Cl. The van der Waals surface area contributed by atoms with Crippen molar-refractivity contribution in [1.82, 2.24) is 10.6 Å². The van der Waals surface area contributed by atoms with E-state index in [-0.39, 0.29) is 29.5 Å². The standard InChI is InChI=1S/C14H18FIN2O.ClH/c1-14(5-2-6-17-8-14)9-18-13(19)11-4-3-10(15)7-12(11)16;/h3-4,7,17H,2,5-6,8-9H2,1H3,(H,18,19);1H. The molecule has 0 aliphatic carbocycles. The van der Waals surface area contributed by atoms with Gasteiger partial charge in [0.05, 0.1) is 5.56 Å². The van der Waals surface area contributed by atoms with E-state index in [1.807, 2.05) is 22.6 Å². The molecule has 0 spiro atoms. The zero-order valence-corrected chi connectivity index (χ0v) is 14.3. The van der Waals surface area contributed by atoms with E-state index in [9.17, 15) is 9.18 Å². The predicted molar refractivity (Wildman–Crippen MR) is 88.9 cm³/mol. The molecule has 1 aromatic carbocycles. The van der Waals surface area contributed by atoms with Crippen LogP contribution in [0.3, 0.4) is 0 Å². The van der Waals surface area contributed by atoms with Crippen LogP contribution in [0.15, 0.2) is 18.2 Å². The van der Waals surface area contributed by atoms with Crippen LogP contribution in [-0.2, 0) is 0 Å². The largest absolute Gasteiger partial charge is 0.351 e. The van der Waals surface area contributed by atoms with Gasteiger partial charge in [0.1, 0.15) is 5.82 Å². The zero-order valence-electron chi connectivity index (χ0n) is 11.3. The summed E-state index contributed by atoms with van der Waals surface area (Å²) in [4.78, 5) is 12.1. The molecule has 0 aromatic heterocycles. The monoisotopic (exact) mass is 412 g/mol. The number of piperidine rings is 1. The van der Waals surface area contributed by atoms with Gasteiger partial charge in [-0.05, 0) is 65.6 Å². The molecule has 1 heterocycles. The number of carbonyl (C=O) groups is 1. The van der Waals surface area contributed by atoms with Crippen LogP contribution in [-0.4, -0.2) is 25.5 Å². The average molecular weight is 413 g/mol. The van der Waals surface area contributed by atoms with E-state index in [4.69, 9.17) is 0 Å². The fourth-order valence-electron chi connectivity index (χ4n) is 2.33. The lowest BCUT2D eigenvalue weighted by Gasteiger charge is -2.34. The van der Waals surface area contributed by atoms with Crippen LogP contribution >= 0.6 is 35.0 Å². The molecule has 20 heavy (non-hydrogen) atoms. The number of benzene rings is 1. The second-order valence-corrected chi connectivity index (χ2v) is 6.56. The maximum atomic E-state index is 13.0. The van der Waals surface area contributed by atoms with E-state index in [0.717, 1.165) is 25.9 Å². The summed E-state index contributed by atoms with van der Waals surface area (Å²) in [7, 11) is 0. The van der Waals surface area contributed by atoms with Gasteiger partial charge in [-0.3, -0.25) is 4.79 Å². The highest BCUT2D eigenvalue weighted by molar-refractivity contribution is 14.1. The average Bonchev–Trinajstić information content (AvgIpc) is 2.37. The number of halogens is 3. The zero-order chi connectivity index (χ0) is 13.9. The molecule has 1 unspecified atom stereocenters. The molecule has 112 valence electrons. The molecule has 1 fully saturated rings. The van der Waals surface area contributed by atoms with Crippen LogP contribution in [0.1, 0.15) is 30.1 Å². The summed E-state index contributed by atoms with van der Waals surface area (Å²) >= 11 is 1.99. The topological polar surface area (TPSA) is 41.1 Å². The molecule has 0 saturated carbocycles. The van der Waals surface area contributed by atoms with Gasteiger partial charge in [-0.15, -0.1) is 12.4 Å². The van der Waals surface area contributed by atoms with Crippen LogP contribution in [0.5, 0.6) is 0 Å². The minimum Gasteiger partial charge on any atom is -0.351 e. The molecule has 1 atom stereocenters. The molecule has 1 aromatic rings. The van der Waals surface area contributed by atoms with Gasteiger partial charge in [0.15, 0.2) is 0 Å². The molecule has 6 heteroatoms. The number of amides is 1. The molecular weight excluding hydrogens is 394 g/mol. The molecule has 2 rings (SSSR count). The van der Waals surface area contributed by atoms with Crippen molar-refractivity contribution in [2.24, 2.45) is 5.41 Å². The first kappa shape index (κ1) is 17.7. The van der Waals surface area contributed by atoms with E-state index in [1.165, 1.54) is 18.2 Å². The summed E-state index contributed by atoms with van der Waals surface area (Å²) in [5.41, 5.74) is 0.647. The van der Waals surface area contributed by atoms with Gasteiger partial charge in [0.25, 0.3) is 5.91 Å². The Labute approximate surface area is 138 Å². The van der Waals surface area contributed by atoms with Crippen molar-refractivity contribution in [3.8, 4) is 0 Å². The van der Waals surface area contributed by atoms with Gasteiger partial charge in [-0.1, -0.05) is 6.92 Å². The second-order valence-electron chi connectivity index (χ2n) is 5.40. The van der Waals surface area contributed by atoms with Crippen LogP contribution in [0.2, 0.25) is 0 Å². The molecule has 0 radical (unpaired) electrons. The summed E-state index contributed by atoms with van der Waals surface area (Å²) in [5, 5.41) is 6.32. The maximum absolute atomic E-state index is 13.0. The Morgan fingerprint density at radius 2 is 2.30 bits per heavy atom. The minimum absolute atomic E-state index is 0. The summed E-state index contributed by atoms with van der Waals surface area (Å²) in [6.07, 6.45) is 2.25. The van der Waals surface area contributed by atoms with E-state index in [1.54, 1.807) is 0 Å². The number of hydrogen-bond acceptors (Lipinski definition) is 2. The highest BCUT2D eigenvalue weighted by Gasteiger charge is 2.27. The van der Waals surface area contributed by atoms with Crippen molar-refractivity contribution in [2.45, 2.75) is 19.8 Å². The molecule has 2 N–H and O–H groups in total. The van der Waals surface area contributed by atoms with Crippen molar-refractivity contribution in [2.75, 3.05) is 19.6 Å². The Kier molecular flexibility index (Phi) is 6.68. The third kappa shape index (κ3) is 4.56. The molecule has 1 aliphatic rings. The van der Waals surface area contributed by atoms with E-state index in [2.05, 4.69) is 17.6 Å². The van der Waals surface area contributed by atoms with Gasteiger partial charge in [0.2, 0.25) is 0 Å². The van der Waals surface area contributed by atoms with Gasteiger partial charge in [-0.25, -0.2) is 4.39 Å². The Bertz CT molecular complexity index is 478. The molecular formula is C14H19ClFIN2O. The number of nitrogens with one attached hydrogen (secondary N) is 2. The van der Waals surface area contributed by atoms with Crippen molar-refractivity contribution >= 4 is 40.9 Å². The summed E-state index contributed by atoms with van der Waals surface area (Å²) < 4.78 is 13.6. The Balaban J connectivity index is 0.00000200. The van der Waals surface area contributed by atoms with Gasteiger partial charge >= 0.3 is 0 Å². The quantitative estimate of drug-likeness (QED) is 0.750. The van der Waals surface area contributed by atoms with Crippen LogP contribution < -0.4 is 10.6 Å². The summed E-state index contributed by atoms with van der Waals surface area (Å²) in [6.45, 7) is 4.80. The molecule has 0 bridgehead atoms. The molecule has 1 aliphatic heterocycles. The number of rotatable bonds is 3. The van der Waals surface area contributed by atoms with Crippen molar-refractivity contribution in [3.63, 3.8) is 0 Å².